The maximum atomic E-state index is 12.8. The van der Waals surface area contributed by atoms with E-state index in [9.17, 15) is 5.21 Å². The summed E-state index contributed by atoms with van der Waals surface area (Å²) in [5.41, 5.74) is 4.68. The summed E-state index contributed by atoms with van der Waals surface area (Å²) in [5, 5.41) is 13.1. The highest BCUT2D eigenvalue weighted by molar-refractivity contribution is 5.48. The van der Waals surface area contributed by atoms with E-state index in [-0.39, 0.29) is 22.4 Å². The first-order chi connectivity index (χ1) is 11.3. The van der Waals surface area contributed by atoms with Crippen LogP contribution in [0.4, 0.5) is 5.69 Å². The predicted octanol–water partition coefficient (Wildman–Crippen LogP) is 3.74. The average molecular weight is 325 g/mol. The molecule has 0 aliphatic carbocycles. The van der Waals surface area contributed by atoms with Gasteiger partial charge < -0.3 is 15.0 Å². The molecule has 0 fully saturated rings. The van der Waals surface area contributed by atoms with Gasteiger partial charge in [0.05, 0.1) is 13.2 Å². The molecule has 1 aliphatic rings. The second-order valence-corrected chi connectivity index (χ2v) is 7.86. The van der Waals surface area contributed by atoms with E-state index in [4.69, 9.17) is 4.74 Å². The van der Waals surface area contributed by atoms with Crippen molar-refractivity contribution in [2.75, 3.05) is 7.11 Å². The van der Waals surface area contributed by atoms with Crippen LogP contribution >= 0.6 is 0 Å². The average Bonchev–Trinajstić information content (AvgIpc) is 2.57. The molecule has 3 unspecified atom stereocenters. The van der Waals surface area contributed by atoms with Crippen molar-refractivity contribution in [2.45, 2.75) is 51.5 Å². The Kier molecular flexibility index (Phi) is 4.41. The molecular weight excluding hydrogens is 298 g/mol. The highest BCUT2D eigenvalue weighted by Gasteiger charge is 2.33. The fraction of sp³-hybridized carbons (Fsp3) is 0.429. The molecule has 3 nitrogen and oxygen atoms in total. The van der Waals surface area contributed by atoms with E-state index in [1.165, 1.54) is 11.1 Å². The maximum Gasteiger partial charge on any atom is 0.138 e. The summed E-state index contributed by atoms with van der Waals surface area (Å²) in [7, 11) is 1.64. The van der Waals surface area contributed by atoms with E-state index in [1.807, 2.05) is 25.1 Å². The number of hydrogen-bond donors (Lipinski definition) is 1. The normalized spacial score (nSPS) is 23.7. The lowest BCUT2D eigenvalue weighted by molar-refractivity contribution is -0.810. The summed E-state index contributed by atoms with van der Waals surface area (Å²) in [6.07, 6.45) is 0.904. The summed E-state index contributed by atoms with van der Waals surface area (Å²) < 4.78 is 5.27. The molecule has 0 amide bonds. The van der Waals surface area contributed by atoms with Crippen LogP contribution in [0, 0.1) is 5.21 Å². The van der Waals surface area contributed by atoms with Gasteiger partial charge in [0, 0.05) is 17.5 Å². The number of hydrogen-bond acceptors (Lipinski definition) is 2. The number of nitrogens with one attached hydrogen (secondary N) is 1. The van der Waals surface area contributed by atoms with E-state index in [0.29, 0.717) is 0 Å². The zero-order valence-electron chi connectivity index (χ0n) is 15.2. The number of ether oxygens (including phenoxy) is 1. The Balaban J connectivity index is 1.92. The van der Waals surface area contributed by atoms with E-state index in [0.717, 1.165) is 23.4 Å². The van der Waals surface area contributed by atoms with E-state index < -0.39 is 0 Å². The fourth-order valence-electron chi connectivity index (χ4n) is 3.57. The molecule has 0 spiro atoms. The molecule has 1 heterocycles. The van der Waals surface area contributed by atoms with Gasteiger partial charge in [0.2, 0.25) is 0 Å². The van der Waals surface area contributed by atoms with Crippen molar-refractivity contribution in [3.05, 3.63) is 64.4 Å². The highest BCUT2D eigenvalue weighted by Crippen LogP contribution is 2.33. The van der Waals surface area contributed by atoms with Crippen LogP contribution in [0.1, 0.15) is 50.3 Å². The standard InChI is InChI=1S/C21H27NO2/c1-14-19(15-6-9-17(10-7-15)21(2,3)4)12-16-8-11-18(24-5)13-20(16)22(14)23/h6-11,13-14,19,22H,12H2,1-5H3. The molecular formula is C21H27NO2. The minimum atomic E-state index is -0.00917. The van der Waals surface area contributed by atoms with Crippen LogP contribution < -0.4 is 9.80 Å². The Morgan fingerprint density at radius 3 is 2.33 bits per heavy atom. The first kappa shape index (κ1) is 17.0. The van der Waals surface area contributed by atoms with E-state index >= 15 is 0 Å². The van der Waals surface area contributed by atoms with Crippen LogP contribution in [0.15, 0.2) is 42.5 Å². The van der Waals surface area contributed by atoms with Gasteiger partial charge in [-0.05, 0) is 42.0 Å². The van der Waals surface area contributed by atoms with Crippen molar-refractivity contribution in [1.82, 2.24) is 0 Å². The number of hydroxylamine groups is 1. The summed E-state index contributed by atoms with van der Waals surface area (Å²) in [4.78, 5) is 0. The molecule has 0 saturated heterocycles. The Hall–Kier alpha value is -1.84. The summed E-state index contributed by atoms with van der Waals surface area (Å²) in [6.45, 7) is 8.71. The van der Waals surface area contributed by atoms with Crippen molar-refractivity contribution in [3.63, 3.8) is 0 Å². The Morgan fingerprint density at radius 2 is 1.75 bits per heavy atom. The smallest absolute Gasteiger partial charge is 0.138 e. The molecule has 0 bridgehead atoms. The topological polar surface area (TPSA) is 36.7 Å². The van der Waals surface area contributed by atoms with Gasteiger partial charge in [0.1, 0.15) is 11.4 Å². The molecule has 3 atom stereocenters. The molecule has 0 radical (unpaired) electrons. The number of rotatable bonds is 2. The minimum Gasteiger partial charge on any atom is -0.629 e. The molecule has 3 heteroatoms. The molecule has 24 heavy (non-hydrogen) atoms. The first-order valence-electron chi connectivity index (χ1n) is 8.63. The van der Waals surface area contributed by atoms with Crippen molar-refractivity contribution in [3.8, 4) is 5.75 Å². The molecule has 1 N–H and O–H groups in total. The van der Waals surface area contributed by atoms with Crippen LogP contribution in [-0.2, 0) is 11.8 Å². The van der Waals surface area contributed by atoms with Crippen LogP contribution in [0.3, 0.4) is 0 Å². The Labute approximate surface area is 144 Å². The van der Waals surface area contributed by atoms with Crippen LogP contribution in [-0.4, -0.2) is 13.2 Å². The largest absolute Gasteiger partial charge is 0.629 e. The van der Waals surface area contributed by atoms with Crippen LogP contribution in [0.2, 0.25) is 0 Å². The monoisotopic (exact) mass is 325 g/mol. The summed E-state index contributed by atoms with van der Waals surface area (Å²) >= 11 is 0. The van der Waals surface area contributed by atoms with E-state index in [1.54, 1.807) is 7.11 Å². The third kappa shape index (κ3) is 3.06. The van der Waals surface area contributed by atoms with Gasteiger partial charge in [-0.3, -0.25) is 0 Å². The maximum absolute atomic E-state index is 12.8. The number of fused-ring (bicyclic) bond motifs is 1. The minimum absolute atomic E-state index is 0.00917. The van der Waals surface area contributed by atoms with Crippen molar-refractivity contribution in [1.29, 1.82) is 0 Å². The van der Waals surface area contributed by atoms with Gasteiger partial charge in [-0.15, -0.1) is 0 Å². The van der Waals surface area contributed by atoms with Crippen molar-refractivity contribution >= 4 is 5.69 Å². The number of quaternary nitrogens is 1. The Bertz CT molecular complexity index is 716. The predicted molar refractivity (Wildman–Crippen MR) is 98.0 cm³/mol. The molecule has 1 aliphatic heterocycles. The third-order valence-corrected chi connectivity index (χ3v) is 5.24. The summed E-state index contributed by atoms with van der Waals surface area (Å²) in [5.74, 6) is 0.995. The SMILES string of the molecule is COc1ccc2c(c1)[NH+]([O-])C(C)C(c1ccc(C(C)(C)C)cc1)C2. The second kappa shape index (κ2) is 6.23. The van der Waals surface area contributed by atoms with Crippen molar-refractivity contribution in [2.24, 2.45) is 0 Å². The third-order valence-electron chi connectivity index (χ3n) is 5.24. The highest BCUT2D eigenvalue weighted by atomic mass is 16.5. The molecule has 0 aromatic heterocycles. The molecule has 0 saturated carbocycles. The van der Waals surface area contributed by atoms with Gasteiger partial charge in [0.25, 0.3) is 0 Å². The lowest BCUT2D eigenvalue weighted by atomic mass is 9.80. The quantitative estimate of drug-likeness (QED) is 0.854. The van der Waals surface area contributed by atoms with Gasteiger partial charge >= 0.3 is 0 Å². The van der Waals surface area contributed by atoms with Gasteiger partial charge in [-0.25, -0.2) is 0 Å². The molecule has 2 aromatic rings. The second-order valence-electron chi connectivity index (χ2n) is 7.86. The van der Waals surface area contributed by atoms with Crippen LogP contribution in [0.5, 0.6) is 5.75 Å². The first-order valence-corrected chi connectivity index (χ1v) is 8.63. The van der Waals surface area contributed by atoms with E-state index in [2.05, 4.69) is 45.0 Å². The molecule has 3 rings (SSSR count). The molecule has 128 valence electrons. The zero-order valence-corrected chi connectivity index (χ0v) is 15.2. The lowest BCUT2D eigenvalue weighted by Crippen LogP contribution is -3.07. The Morgan fingerprint density at radius 1 is 1.08 bits per heavy atom. The number of methoxy groups -OCH3 is 1. The fourth-order valence-corrected chi connectivity index (χ4v) is 3.57. The van der Waals surface area contributed by atoms with Crippen molar-refractivity contribution < 1.29 is 9.80 Å². The number of benzene rings is 2. The van der Waals surface area contributed by atoms with Gasteiger partial charge in [-0.1, -0.05) is 45.0 Å². The molecule has 2 aromatic carbocycles. The van der Waals surface area contributed by atoms with Gasteiger partial charge in [-0.2, -0.15) is 0 Å². The van der Waals surface area contributed by atoms with Gasteiger partial charge in [0.15, 0.2) is 0 Å². The zero-order chi connectivity index (χ0) is 17.5. The van der Waals surface area contributed by atoms with Crippen LogP contribution in [0.25, 0.3) is 0 Å². The lowest BCUT2D eigenvalue weighted by Gasteiger charge is -2.40. The summed E-state index contributed by atoms with van der Waals surface area (Å²) in [6, 6.07) is 14.7.